The third-order valence-electron chi connectivity index (χ3n) is 6.48. The van der Waals surface area contributed by atoms with Gasteiger partial charge in [0.2, 0.25) is 5.91 Å². The van der Waals surface area contributed by atoms with Gasteiger partial charge in [0.25, 0.3) is 5.91 Å². The van der Waals surface area contributed by atoms with E-state index in [-0.39, 0.29) is 5.69 Å². The largest absolute Gasteiger partial charge is 0.491 e. The van der Waals surface area contributed by atoms with Crippen molar-refractivity contribution in [2.24, 2.45) is 0 Å². The molecule has 4 rings (SSSR count). The van der Waals surface area contributed by atoms with Gasteiger partial charge in [-0.1, -0.05) is 55.3 Å². The molecule has 3 atom stereocenters. The molecule has 0 unspecified atom stereocenters. The molecule has 0 radical (unpaired) electrons. The fourth-order valence-corrected chi connectivity index (χ4v) is 4.40. The van der Waals surface area contributed by atoms with Crippen LogP contribution in [0.1, 0.15) is 35.6 Å². The molecule has 1 aliphatic heterocycles. The zero-order valence-electron chi connectivity index (χ0n) is 21.5. The highest BCUT2D eigenvalue weighted by molar-refractivity contribution is 6.10. The molecule has 0 spiro atoms. The van der Waals surface area contributed by atoms with Gasteiger partial charge in [0.05, 0.1) is 12.3 Å². The maximum atomic E-state index is 14.6. The van der Waals surface area contributed by atoms with Crippen molar-refractivity contribution in [2.45, 2.75) is 24.9 Å². The number of halogens is 1. The number of carbonyl (C=O) groups is 3. The molecule has 1 aliphatic rings. The molecule has 3 aromatic carbocycles. The Labute approximate surface area is 226 Å². The van der Waals surface area contributed by atoms with Crippen LogP contribution in [0.3, 0.4) is 0 Å². The molecule has 8 nitrogen and oxygen atoms in total. The number of hydrogen-bond acceptors (Lipinski definition) is 5. The Morgan fingerprint density at radius 3 is 2.46 bits per heavy atom. The summed E-state index contributed by atoms with van der Waals surface area (Å²) in [6, 6.07) is 16.7. The van der Waals surface area contributed by atoms with Crippen LogP contribution in [0.5, 0.6) is 5.75 Å². The van der Waals surface area contributed by atoms with Crippen molar-refractivity contribution in [3.8, 4) is 18.1 Å². The zero-order valence-corrected chi connectivity index (χ0v) is 21.5. The van der Waals surface area contributed by atoms with Gasteiger partial charge in [0, 0.05) is 18.6 Å². The smallest absolute Gasteiger partial charge is 0.325 e. The van der Waals surface area contributed by atoms with E-state index in [4.69, 9.17) is 15.9 Å². The number of amides is 4. The summed E-state index contributed by atoms with van der Waals surface area (Å²) in [5.41, 5.74) is 1.45. The average molecular weight is 530 g/mol. The summed E-state index contributed by atoms with van der Waals surface area (Å²) in [4.78, 5) is 41.3. The first-order chi connectivity index (χ1) is 18.8. The van der Waals surface area contributed by atoms with Gasteiger partial charge in [-0.2, -0.15) is 0 Å². The lowest BCUT2D eigenvalue weighted by Crippen LogP contribution is -2.50. The van der Waals surface area contributed by atoms with Gasteiger partial charge in [0.15, 0.2) is 0 Å². The molecule has 4 amide bonds. The molecule has 1 fully saturated rings. The fourth-order valence-electron chi connectivity index (χ4n) is 4.40. The minimum absolute atomic E-state index is 0.114. The maximum absolute atomic E-state index is 14.6. The van der Waals surface area contributed by atoms with Crippen molar-refractivity contribution in [2.75, 3.05) is 25.6 Å². The monoisotopic (exact) mass is 529 g/mol. The minimum atomic E-state index is -1.27. The van der Waals surface area contributed by atoms with E-state index in [0.29, 0.717) is 30.1 Å². The van der Waals surface area contributed by atoms with E-state index >= 15 is 0 Å². The highest BCUT2D eigenvalue weighted by atomic mass is 19.1. The van der Waals surface area contributed by atoms with E-state index in [0.717, 1.165) is 16.5 Å². The van der Waals surface area contributed by atoms with Crippen LogP contribution in [-0.2, 0) is 14.3 Å². The third kappa shape index (κ3) is 6.08. The number of imide groups is 1. The highest BCUT2D eigenvalue weighted by Crippen LogP contribution is 2.32. The van der Waals surface area contributed by atoms with Gasteiger partial charge in [0.1, 0.15) is 30.3 Å². The van der Waals surface area contributed by atoms with E-state index in [2.05, 4.69) is 16.6 Å². The van der Waals surface area contributed by atoms with Gasteiger partial charge in [-0.05, 0) is 41.5 Å². The fraction of sp³-hybridized carbons (Fsp3) is 0.233. The van der Waals surface area contributed by atoms with Crippen molar-refractivity contribution in [3.63, 3.8) is 0 Å². The normalized spacial score (nSPS) is 16.3. The number of methoxy groups -OCH3 is 1. The Balaban J connectivity index is 1.62. The van der Waals surface area contributed by atoms with Gasteiger partial charge in [-0.15, -0.1) is 6.42 Å². The van der Waals surface area contributed by atoms with E-state index < -0.39 is 41.7 Å². The number of nitrogens with one attached hydrogen (secondary N) is 2. The maximum Gasteiger partial charge on any atom is 0.325 e. The molecule has 0 aliphatic carbocycles. The summed E-state index contributed by atoms with van der Waals surface area (Å²) in [6.07, 6.45) is 5.33. The molecule has 0 saturated carbocycles. The molecular weight excluding hydrogens is 501 g/mol. The second-order valence-electron chi connectivity index (χ2n) is 8.97. The van der Waals surface area contributed by atoms with Crippen LogP contribution in [0, 0.1) is 18.2 Å². The quantitative estimate of drug-likeness (QED) is 0.233. The van der Waals surface area contributed by atoms with Gasteiger partial charge >= 0.3 is 6.03 Å². The van der Waals surface area contributed by atoms with Crippen LogP contribution in [-0.4, -0.2) is 49.1 Å². The SMILES string of the molecule is C#Cc1ccc(NC(=O)[C@@H]([C@@H](C)c2ccccc2)N2C(=O)N[C@H](c3ccc(OCCOC)cc3)C2=O)c(F)c1. The lowest BCUT2D eigenvalue weighted by Gasteiger charge is -2.30. The van der Waals surface area contributed by atoms with E-state index in [1.807, 2.05) is 6.07 Å². The summed E-state index contributed by atoms with van der Waals surface area (Å²) >= 11 is 0. The number of urea groups is 1. The zero-order chi connectivity index (χ0) is 27.9. The van der Waals surface area contributed by atoms with Crippen molar-refractivity contribution in [3.05, 3.63) is 95.3 Å². The Morgan fingerprint density at radius 2 is 1.82 bits per heavy atom. The summed E-state index contributed by atoms with van der Waals surface area (Å²) < 4.78 is 25.2. The Bertz CT molecular complexity index is 1390. The average Bonchev–Trinajstić information content (AvgIpc) is 3.24. The summed E-state index contributed by atoms with van der Waals surface area (Å²) in [7, 11) is 1.57. The van der Waals surface area contributed by atoms with Crippen LogP contribution in [0.2, 0.25) is 0 Å². The molecular formula is C30H28FN3O5. The molecule has 1 heterocycles. The highest BCUT2D eigenvalue weighted by Gasteiger charge is 2.47. The van der Waals surface area contributed by atoms with Crippen LogP contribution in [0.4, 0.5) is 14.9 Å². The third-order valence-corrected chi connectivity index (χ3v) is 6.48. The number of ether oxygens (including phenoxy) is 2. The van der Waals surface area contributed by atoms with Crippen molar-refractivity contribution in [1.82, 2.24) is 10.2 Å². The Kier molecular flexibility index (Phi) is 8.59. The van der Waals surface area contributed by atoms with E-state index in [1.54, 1.807) is 62.6 Å². The second kappa shape index (κ2) is 12.2. The standard InChI is InChI=1S/C30H28FN3O5/c1-4-20-10-15-25(24(31)18-20)32-28(35)27(19(2)21-8-6-5-7-9-21)34-29(36)26(33-30(34)37)22-11-13-23(14-12-22)39-17-16-38-3/h1,5-15,18-19,26-27H,16-17H2,2-3H3,(H,32,35)(H,33,37)/t19-,26+,27+/m0/s1. The van der Waals surface area contributed by atoms with E-state index in [9.17, 15) is 18.8 Å². The number of benzene rings is 3. The van der Waals surface area contributed by atoms with Gasteiger partial charge in [-0.3, -0.25) is 9.59 Å². The molecule has 200 valence electrons. The molecule has 1 saturated heterocycles. The summed E-state index contributed by atoms with van der Waals surface area (Å²) in [5, 5.41) is 5.21. The van der Waals surface area contributed by atoms with Gasteiger partial charge < -0.3 is 20.1 Å². The second-order valence-corrected chi connectivity index (χ2v) is 8.97. The van der Waals surface area contributed by atoms with Crippen molar-refractivity contribution in [1.29, 1.82) is 0 Å². The predicted octanol–water partition coefficient (Wildman–Crippen LogP) is 4.24. The first-order valence-corrected chi connectivity index (χ1v) is 12.3. The first-order valence-electron chi connectivity index (χ1n) is 12.3. The van der Waals surface area contributed by atoms with Crippen LogP contribution >= 0.6 is 0 Å². The van der Waals surface area contributed by atoms with E-state index in [1.165, 1.54) is 12.1 Å². The minimum Gasteiger partial charge on any atom is -0.491 e. The number of rotatable bonds is 10. The summed E-state index contributed by atoms with van der Waals surface area (Å²) in [5.74, 6) is 0.261. The van der Waals surface area contributed by atoms with Crippen molar-refractivity contribution >= 4 is 23.5 Å². The lowest BCUT2D eigenvalue weighted by molar-refractivity contribution is -0.134. The topological polar surface area (TPSA) is 97.0 Å². The van der Waals surface area contributed by atoms with Crippen molar-refractivity contribution < 1.29 is 28.2 Å². The Morgan fingerprint density at radius 1 is 1.10 bits per heavy atom. The van der Waals surface area contributed by atoms with Crippen LogP contribution < -0.4 is 15.4 Å². The molecule has 0 aromatic heterocycles. The van der Waals surface area contributed by atoms with Gasteiger partial charge in [-0.25, -0.2) is 14.1 Å². The van der Waals surface area contributed by atoms with Crippen LogP contribution in [0.25, 0.3) is 0 Å². The molecule has 0 bridgehead atoms. The molecule has 3 aromatic rings. The molecule has 9 heteroatoms. The predicted molar refractivity (Wildman–Crippen MR) is 144 cm³/mol. The number of carbonyl (C=O) groups excluding carboxylic acids is 3. The molecule has 2 N–H and O–H groups in total. The van der Waals surface area contributed by atoms with Crippen LogP contribution in [0.15, 0.2) is 72.8 Å². The number of nitrogens with zero attached hydrogens (tertiary/aromatic N) is 1. The Hall–Kier alpha value is -4.68. The molecule has 39 heavy (non-hydrogen) atoms. The first kappa shape index (κ1) is 27.4. The summed E-state index contributed by atoms with van der Waals surface area (Å²) in [6.45, 7) is 2.52. The lowest BCUT2D eigenvalue weighted by atomic mass is 9.91. The number of hydrogen-bond donors (Lipinski definition) is 2. The number of anilines is 1. The number of terminal acetylenes is 1.